The summed E-state index contributed by atoms with van der Waals surface area (Å²) in [5.41, 5.74) is 0. The molecule has 0 spiro atoms. The van der Waals surface area contributed by atoms with Gasteiger partial charge in [0, 0.05) is 60.6 Å². The van der Waals surface area contributed by atoms with Crippen LogP contribution in [0.4, 0.5) is 0 Å². The average Bonchev–Trinajstić information content (AvgIpc) is 0. The fraction of sp³-hybridized carbons (Fsp3) is 0. The minimum atomic E-state index is 0. The van der Waals surface area contributed by atoms with E-state index in [-0.39, 0.29) is 90.0 Å². The van der Waals surface area contributed by atoms with E-state index < -0.39 is 0 Å². The van der Waals surface area contributed by atoms with E-state index in [9.17, 15) is 0 Å². The summed E-state index contributed by atoms with van der Waals surface area (Å²) in [6, 6.07) is 0. The Morgan fingerprint density at radius 1 is 1.00 bits per heavy atom. The minimum absolute atomic E-state index is 0. The second-order valence-electron chi connectivity index (χ2n) is 0. The van der Waals surface area contributed by atoms with Crippen molar-refractivity contribution in [1.82, 2.24) is 0 Å². The van der Waals surface area contributed by atoms with E-state index in [1.54, 1.807) is 0 Å². The van der Waals surface area contributed by atoms with Crippen LogP contribution in [-0.2, 0) is 60.6 Å². The van der Waals surface area contributed by atoms with Crippen LogP contribution in [0.1, 0.15) is 0 Å². The molecule has 5 heteroatoms. The summed E-state index contributed by atoms with van der Waals surface area (Å²) >= 11 is 0. The van der Waals surface area contributed by atoms with Crippen molar-refractivity contribution in [3.63, 3.8) is 0 Å². The fourth-order valence-electron chi connectivity index (χ4n) is 0. The zero-order valence-electron chi connectivity index (χ0n) is 1.76. The smallest absolute Gasteiger partial charge is 0 e. The first kappa shape index (κ1) is 47.5. The van der Waals surface area contributed by atoms with Crippen molar-refractivity contribution in [3.05, 3.63) is 0 Å². The molecule has 0 heterocycles. The summed E-state index contributed by atoms with van der Waals surface area (Å²) < 4.78 is 0. The maximum Gasteiger partial charge on any atom is 0 e. The molecule has 0 unspecified atom stereocenters. The second kappa shape index (κ2) is 29.9. The molecular weight excluding hydrogens is 334 g/mol. The van der Waals surface area contributed by atoms with E-state index >= 15 is 0 Å². The zero-order valence-corrected chi connectivity index (χ0v) is 6.60. The van der Waals surface area contributed by atoms with E-state index in [1.807, 2.05) is 0 Å². The fourth-order valence-corrected chi connectivity index (χ4v) is 0. The number of hydrogen-bond donors (Lipinski definition) is 0. The van der Waals surface area contributed by atoms with E-state index in [2.05, 4.69) is 0 Å². The summed E-state index contributed by atoms with van der Waals surface area (Å²) in [6.07, 6.45) is 0. The molecule has 0 radical (unpaired) electrons. The van der Waals surface area contributed by atoms with E-state index in [0.717, 1.165) is 0 Å². The molecule has 0 aromatic carbocycles. The summed E-state index contributed by atoms with van der Waals surface area (Å²) in [4.78, 5) is 0. The molecule has 0 rings (SSSR count). The van der Waals surface area contributed by atoms with Gasteiger partial charge in [-0.2, -0.15) is 0 Å². The molecule has 0 aliphatic carbocycles. The summed E-state index contributed by atoms with van der Waals surface area (Å²) in [6.45, 7) is 0. The topological polar surface area (TPSA) is 31.5 Å². The SMILES string of the molecule is O.[Cr].[Fe].[SnH4].[Zr]. The van der Waals surface area contributed by atoms with Gasteiger partial charge in [-0.05, 0) is 0 Å². The quantitative estimate of drug-likeness (QED) is 0.445. The van der Waals surface area contributed by atoms with Crippen molar-refractivity contribution in [1.29, 1.82) is 0 Å². The monoisotopic (exact) mass is 340 g/mol. The Kier molecular flexibility index (Phi) is 284. The Morgan fingerprint density at radius 2 is 1.00 bits per heavy atom. The van der Waals surface area contributed by atoms with Gasteiger partial charge in [0.05, 0.1) is 0 Å². The molecular formula is H6CrFeOSnZr. The molecule has 0 saturated carbocycles. The Bertz CT molecular complexity index is 11.6. The molecule has 0 aromatic heterocycles. The van der Waals surface area contributed by atoms with Crippen LogP contribution in [0.15, 0.2) is 0 Å². The van der Waals surface area contributed by atoms with Crippen LogP contribution in [0.3, 0.4) is 0 Å². The van der Waals surface area contributed by atoms with Crippen LogP contribution < -0.4 is 0 Å². The van der Waals surface area contributed by atoms with Gasteiger partial charge in [0.15, 0.2) is 0 Å². The zero-order chi connectivity index (χ0) is 0. The van der Waals surface area contributed by atoms with Crippen molar-refractivity contribution in [2.45, 2.75) is 0 Å². The first-order valence-corrected chi connectivity index (χ1v) is 0. The molecule has 0 atom stereocenters. The third-order valence-corrected chi connectivity index (χ3v) is 0. The van der Waals surface area contributed by atoms with Crippen molar-refractivity contribution in [3.8, 4) is 0 Å². The van der Waals surface area contributed by atoms with Gasteiger partial charge in [-0.3, -0.25) is 0 Å². The van der Waals surface area contributed by atoms with Crippen LogP contribution in [0.5, 0.6) is 0 Å². The summed E-state index contributed by atoms with van der Waals surface area (Å²) in [5.74, 6) is 0. The van der Waals surface area contributed by atoms with Gasteiger partial charge in [-0.25, -0.2) is 0 Å². The molecule has 1 nitrogen and oxygen atoms in total. The van der Waals surface area contributed by atoms with E-state index in [4.69, 9.17) is 0 Å². The summed E-state index contributed by atoms with van der Waals surface area (Å²) in [5, 5.41) is 0. The third-order valence-electron chi connectivity index (χ3n) is 0. The molecule has 0 saturated heterocycles. The van der Waals surface area contributed by atoms with Gasteiger partial charge in [0.1, 0.15) is 0 Å². The average molecular weight is 340 g/mol. The first-order chi connectivity index (χ1) is 0. The van der Waals surface area contributed by atoms with Crippen molar-refractivity contribution >= 4 is 23.9 Å². The number of hydrogen-bond acceptors (Lipinski definition) is 0. The van der Waals surface area contributed by atoms with E-state index in [1.165, 1.54) is 0 Å². The minimum Gasteiger partial charge on any atom is 0 e. The molecule has 5 heavy (non-hydrogen) atoms. The van der Waals surface area contributed by atoms with Gasteiger partial charge in [0.25, 0.3) is 0 Å². The predicted octanol–water partition coefficient (Wildman–Crippen LogP) is -2.28. The van der Waals surface area contributed by atoms with Gasteiger partial charge >= 0.3 is 23.9 Å². The van der Waals surface area contributed by atoms with Crippen LogP contribution >= 0.6 is 0 Å². The normalized spacial score (nSPS) is 0. The summed E-state index contributed by atoms with van der Waals surface area (Å²) in [7, 11) is 0. The molecule has 0 aliphatic heterocycles. The predicted molar refractivity (Wildman–Crippen MR) is 14.9 cm³/mol. The van der Waals surface area contributed by atoms with Crippen molar-refractivity contribution < 1.29 is 66.1 Å². The molecule has 34 valence electrons. The molecule has 0 bridgehead atoms. The van der Waals surface area contributed by atoms with Crippen LogP contribution in [-0.4, -0.2) is 29.4 Å². The third kappa shape index (κ3) is 20.3. The van der Waals surface area contributed by atoms with Gasteiger partial charge in [-0.15, -0.1) is 0 Å². The molecule has 0 fully saturated rings. The largest absolute Gasteiger partial charge is 0 e. The van der Waals surface area contributed by atoms with Crippen molar-refractivity contribution in [2.24, 2.45) is 0 Å². The van der Waals surface area contributed by atoms with Crippen LogP contribution in [0, 0.1) is 0 Å². The Hall–Kier alpha value is 2.69. The van der Waals surface area contributed by atoms with Gasteiger partial charge in [0.2, 0.25) is 0 Å². The standard InChI is InChI=1S/Cr.Fe.H2O.Sn.Zr.4H/h;;1H2;;;;;;. The molecule has 2 N–H and O–H groups in total. The van der Waals surface area contributed by atoms with Gasteiger partial charge in [-0.1, -0.05) is 0 Å². The Balaban J connectivity index is 0. The van der Waals surface area contributed by atoms with Crippen LogP contribution in [0.2, 0.25) is 0 Å². The van der Waals surface area contributed by atoms with Gasteiger partial charge < -0.3 is 5.48 Å². The first-order valence-electron chi connectivity index (χ1n) is 0. The number of rotatable bonds is 0. The van der Waals surface area contributed by atoms with Crippen LogP contribution in [0.25, 0.3) is 0 Å². The molecule has 0 aromatic rings. The second-order valence-corrected chi connectivity index (χ2v) is 0. The Morgan fingerprint density at radius 3 is 1.00 bits per heavy atom. The maximum absolute atomic E-state index is 0. The molecule has 0 aliphatic rings. The van der Waals surface area contributed by atoms with Crippen molar-refractivity contribution in [2.75, 3.05) is 0 Å². The Labute approximate surface area is 88.6 Å². The van der Waals surface area contributed by atoms with E-state index in [0.29, 0.717) is 0 Å². The molecule has 0 amide bonds. The maximum atomic E-state index is 0.